The van der Waals surface area contributed by atoms with Crippen LogP contribution in [0.1, 0.15) is 6.42 Å². The highest BCUT2D eigenvalue weighted by Gasteiger charge is 2.29. The Morgan fingerprint density at radius 3 is 2.63 bits per heavy atom. The van der Waals surface area contributed by atoms with E-state index >= 15 is 0 Å². The fourth-order valence-corrected chi connectivity index (χ4v) is 4.91. The molecule has 2 aliphatic heterocycles. The Kier molecular flexibility index (Phi) is 5.25. The number of nitrogens with zero attached hydrogens (tertiary/aromatic N) is 3. The third kappa shape index (κ3) is 3.78. The molecule has 158 valence electrons. The number of hydrogen-bond acceptors (Lipinski definition) is 7. The van der Waals surface area contributed by atoms with Gasteiger partial charge in [-0.2, -0.15) is 0 Å². The van der Waals surface area contributed by atoms with Crippen LogP contribution >= 0.6 is 0 Å². The van der Waals surface area contributed by atoms with Crippen LogP contribution in [0.25, 0.3) is 0 Å². The number of sulfonamides is 1. The van der Waals surface area contributed by atoms with Crippen molar-refractivity contribution in [2.75, 3.05) is 42.9 Å². The van der Waals surface area contributed by atoms with Crippen LogP contribution < -0.4 is 14.4 Å². The van der Waals surface area contributed by atoms with Crippen LogP contribution in [0.15, 0.2) is 59.1 Å². The normalized spacial score (nSPS) is 16.1. The first-order valence-corrected chi connectivity index (χ1v) is 11.0. The fourth-order valence-electron chi connectivity index (χ4n) is 3.82. The van der Waals surface area contributed by atoms with E-state index in [1.165, 1.54) is 19.2 Å². The van der Waals surface area contributed by atoms with E-state index in [-0.39, 0.29) is 16.3 Å². The van der Waals surface area contributed by atoms with Crippen molar-refractivity contribution in [1.29, 1.82) is 0 Å². The summed E-state index contributed by atoms with van der Waals surface area (Å²) < 4.78 is 33.3. The van der Waals surface area contributed by atoms with Gasteiger partial charge in [0, 0.05) is 31.4 Å². The molecule has 2 aromatic rings. The number of para-hydroxylation sites is 2. The number of nitrogens with one attached hydrogen (secondary N) is 1. The zero-order chi connectivity index (χ0) is 21.3. The second-order valence-corrected chi connectivity index (χ2v) is 8.79. The Labute approximate surface area is 174 Å². The predicted molar refractivity (Wildman–Crippen MR) is 113 cm³/mol. The summed E-state index contributed by atoms with van der Waals surface area (Å²) >= 11 is 0. The summed E-state index contributed by atoms with van der Waals surface area (Å²) in [6.45, 7) is 2.99. The summed E-state index contributed by atoms with van der Waals surface area (Å²) in [6.07, 6.45) is 3.13. The molecule has 1 saturated heterocycles. The van der Waals surface area contributed by atoms with E-state index in [0.717, 1.165) is 31.3 Å². The van der Waals surface area contributed by atoms with Crippen molar-refractivity contribution in [1.82, 2.24) is 4.90 Å². The molecule has 2 heterocycles. The number of rotatable bonds is 6. The van der Waals surface area contributed by atoms with Gasteiger partial charge in [-0.15, -0.1) is 0 Å². The fraction of sp³-hybridized carbons (Fsp3) is 0.300. The number of nitro benzene ring substituents is 1. The van der Waals surface area contributed by atoms with Crippen molar-refractivity contribution in [3.63, 3.8) is 0 Å². The number of fused-ring (bicyclic) bond motifs is 1. The molecule has 1 fully saturated rings. The molecule has 2 aliphatic rings. The van der Waals surface area contributed by atoms with Crippen molar-refractivity contribution in [3.05, 3.63) is 64.4 Å². The summed E-state index contributed by atoms with van der Waals surface area (Å²) in [5.41, 5.74) is 1.61. The van der Waals surface area contributed by atoms with E-state index < -0.39 is 14.9 Å². The van der Waals surface area contributed by atoms with Gasteiger partial charge in [0.25, 0.3) is 15.7 Å². The molecular weight excluding hydrogens is 408 g/mol. The maximum atomic E-state index is 12.9. The minimum Gasteiger partial charge on any atom is -0.495 e. The molecule has 10 heteroatoms. The molecule has 0 unspecified atom stereocenters. The van der Waals surface area contributed by atoms with Crippen molar-refractivity contribution in [2.24, 2.45) is 0 Å². The van der Waals surface area contributed by atoms with Gasteiger partial charge in [-0.05, 0) is 30.7 Å². The van der Waals surface area contributed by atoms with Gasteiger partial charge in [0.05, 0.1) is 29.2 Å². The molecule has 0 bridgehead atoms. The van der Waals surface area contributed by atoms with E-state index in [2.05, 4.69) is 15.7 Å². The molecule has 0 aliphatic carbocycles. The molecule has 0 amide bonds. The quantitative estimate of drug-likeness (QED) is 0.555. The predicted octanol–water partition coefficient (Wildman–Crippen LogP) is 2.81. The first-order chi connectivity index (χ1) is 14.4. The number of nitro groups is 1. The van der Waals surface area contributed by atoms with Crippen molar-refractivity contribution < 1.29 is 18.1 Å². The number of ether oxygens (including phenoxy) is 1. The molecule has 9 nitrogen and oxygen atoms in total. The summed E-state index contributed by atoms with van der Waals surface area (Å²) in [7, 11) is -2.60. The SMILES string of the molecule is COc1ccccc1NS(=O)(=O)c1ccc(N2CCN3CCC=C3C2)c([N+](=O)[O-])c1. The molecule has 2 aromatic carbocycles. The highest BCUT2D eigenvalue weighted by Crippen LogP contribution is 2.34. The monoisotopic (exact) mass is 430 g/mol. The van der Waals surface area contributed by atoms with Gasteiger partial charge >= 0.3 is 0 Å². The van der Waals surface area contributed by atoms with Gasteiger partial charge in [-0.25, -0.2) is 8.42 Å². The largest absolute Gasteiger partial charge is 0.495 e. The van der Waals surface area contributed by atoms with Gasteiger partial charge in [-0.3, -0.25) is 14.8 Å². The van der Waals surface area contributed by atoms with Gasteiger partial charge in [-0.1, -0.05) is 18.2 Å². The van der Waals surface area contributed by atoms with Crippen LogP contribution in [-0.2, 0) is 10.0 Å². The first kappa shape index (κ1) is 20.0. The summed E-state index contributed by atoms with van der Waals surface area (Å²) in [5.74, 6) is 0.356. The number of anilines is 2. The van der Waals surface area contributed by atoms with E-state index in [0.29, 0.717) is 24.5 Å². The Hall–Kier alpha value is -3.27. The molecular formula is C20H22N4O5S. The minimum absolute atomic E-state index is 0.178. The van der Waals surface area contributed by atoms with Crippen LogP contribution in [0.3, 0.4) is 0 Å². The summed E-state index contributed by atoms with van der Waals surface area (Å²) in [4.78, 5) is 15.2. The van der Waals surface area contributed by atoms with E-state index in [1.807, 2.05) is 4.90 Å². The lowest BCUT2D eigenvalue weighted by Crippen LogP contribution is -2.43. The smallest absolute Gasteiger partial charge is 0.293 e. The molecule has 0 atom stereocenters. The molecule has 0 spiro atoms. The van der Waals surface area contributed by atoms with Crippen molar-refractivity contribution in [3.8, 4) is 5.75 Å². The third-order valence-electron chi connectivity index (χ3n) is 5.32. The van der Waals surface area contributed by atoms with Crippen LogP contribution in [0, 0.1) is 10.1 Å². The standard InChI is InChI=1S/C20H22N4O5S/c1-29-20-7-3-2-6-17(20)21-30(27,28)16-8-9-18(19(13-16)24(25)26)23-12-11-22-10-4-5-15(22)14-23/h2-3,5-9,13,21H,4,10-12,14H2,1H3. The molecule has 0 saturated carbocycles. The number of benzene rings is 2. The minimum atomic E-state index is -4.04. The van der Waals surface area contributed by atoms with Crippen LogP contribution in [0.2, 0.25) is 0 Å². The second-order valence-electron chi connectivity index (χ2n) is 7.11. The second kappa shape index (κ2) is 7.86. The first-order valence-electron chi connectivity index (χ1n) is 9.52. The Morgan fingerprint density at radius 1 is 1.10 bits per heavy atom. The van der Waals surface area contributed by atoms with Crippen LogP contribution in [-0.4, -0.2) is 51.5 Å². The van der Waals surface area contributed by atoms with Gasteiger partial charge in [0.15, 0.2) is 0 Å². The van der Waals surface area contributed by atoms with E-state index in [9.17, 15) is 18.5 Å². The van der Waals surface area contributed by atoms with Crippen molar-refractivity contribution >= 4 is 27.1 Å². The zero-order valence-electron chi connectivity index (χ0n) is 16.4. The lowest BCUT2D eigenvalue weighted by Gasteiger charge is -2.36. The van der Waals surface area contributed by atoms with Gasteiger partial charge in [0.2, 0.25) is 0 Å². The summed E-state index contributed by atoms with van der Waals surface area (Å²) in [5, 5.41) is 11.7. The molecule has 1 N–H and O–H groups in total. The van der Waals surface area contributed by atoms with E-state index in [1.54, 1.807) is 24.3 Å². The Bertz CT molecular complexity index is 1120. The third-order valence-corrected chi connectivity index (χ3v) is 6.69. The van der Waals surface area contributed by atoms with Gasteiger partial charge < -0.3 is 14.5 Å². The Morgan fingerprint density at radius 2 is 1.87 bits per heavy atom. The number of methoxy groups -OCH3 is 1. The number of hydrogen-bond donors (Lipinski definition) is 1. The highest BCUT2D eigenvalue weighted by atomic mass is 32.2. The van der Waals surface area contributed by atoms with Crippen LogP contribution in [0.4, 0.5) is 17.1 Å². The number of piperazine rings is 1. The molecule has 0 aromatic heterocycles. The van der Waals surface area contributed by atoms with Gasteiger partial charge in [0.1, 0.15) is 11.4 Å². The van der Waals surface area contributed by atoms with E-state index in [4.69, 9.17) is 4.74 Å². The lowest BCUT2D eigenvalue weighted by molar-refractivity contribution is -0.384. The van der Waals surface area contributed by atoms with Crippen LogP contribution in [0.5, 0.6) is 5.75 Å². The average Bonchev–Trinajstić information content (AvgIpc) is 3.21. The van der Waals surface area contributed by atoms with Crippen molar-refractivity contribution in [2.45, 2.75) is 11.3 Å². The molecule has 0 radical (unpaired) electrons. The maximum Gasteiger partial charge on any atom is 0.293 e. The average molecular weight is 430 g/mol. The lowest BCUT2D eigenvalue weighted by atomic mass is 10.2. The zero-order valence-corrected chi connectivity index (χ0v) is 17.3. The molecule has 30 heavy (non-hydrogen) atoms. The summed E-state index contributed by atoms with van der Waals surface area (Å²) in [6, 6.07) is 10.6. The highest BCUT2D eigenvalue weighted by molar-refractivity contribution is 7.92. The molecule has 4 rings (SSSR count). The maximum absolute atomic E-state index is 12.9. The topological polar surface area (TPSA) is 105 Å². The Balaban J connectivity index is 1.65.